The lowest BCUT2D eigenvalue weighted by Gasteiger charge is -2.38. The van der Waals surface area contributed by atoms with Crippen molar-refractivity contribution in [3.8, 4) is 0 Å². The topological polar surface area (TPSA) is 32.3 Å². The van der Waals surface area contributed by atoms with Gasteiger partial charge in [0.05, 0.1) is 6.54 Å². The average molecular weight is 191 g/mol. The minimum absolute atomic E-state index is 0. The zero-order valence-corrected chi connectivity index (χ0v) is 7.90. The third-order valence-electron chi connectivity index (χ3n) is 2.61. The number of hydrogen-bond donors (Lipinski definition) is 1. The van der Waals surface area contributed by atoms with Crippen molar-refractivity contribution in [3.63, 3.8) is 0 Å². The first-order valence-corrected chi connectivity index (χ1v) is 4.33. The van der Waals surface area contributed by atoms with Gasteiger partial charge in [-0.2, -0.15) is 0 Å². The zero-order valence-electron chi connectivity index (χ0n) is 7.08. The first-order chi connectivity index (χ1) is 5.36. The third kappa shape index (κ3) is 1.97. The van der Waals surface area contributed by atoms with E-state index in [1.165, 1.54) is 0 Å². The summed E-state index contributed by atoms with van der Waals surface area (Å²) in [5.74, 6) is 0.420. The number of halogens is 1. The lowest BCUT2D eigenvalue weighted by molar-refractivity contribution is -0.123. The third-order valence-corrected chi connectivity index (χ3v) is 2.61. The maximum atomic E-state index is 11.1. The van der Waals surface area contributed by atoms with Gasteiger partial charge < -0.3 is 5.32 Å². The van der Waals surface area contributed by atoms with E-state index in [4.69, 9.17) is 0 Å². The Labute approximate surface area is 78.9 Å². The second-order valence-corrected chi connectivity index (χ2v) is 3.41. The lowest BCUT2D eigenvalue weighted by atomic mass is 10.00. The van der Waals surface area contributed by atoms with Crippen molar-refractivity contribution in [2.75, 3.05) is 26.2 Å². The molecule has 2 heterocycles. The fourth-order valence-electron chi connectivity index (χ4n) is 1.93. The maximum absolute atomic E-state index is 11.1. The van der Waals surface area contributed by atoms with Crippen LogP contribution in [0.15, 0.2) is 0 Å². The van der Waals surface area contributed by atoms with Crippen LogP contribution >= 0.6 is 12.4 Å². The first-order valence-electron chi connectivity index (χ1n) is 4.33. The molecule has 0 spiro atoms. The number of piperidine rings is 1. The number of carbonyl (C=O) groups is 1. The van der Waals surface area contributed by atoms with E-state index in [1.54, 1.807) is 0 Å². The summed E-state index contributed by atoms with van der Waals surface area (Å²) in [5, 5.41) is 3.35. The molecule has 0 aromatic rings. The van der Waals surface area contributed by atoms with Crippen LogP contribution in [0.25, 0.3) is 0 Å². The van der Waals surface area contributed by atoms with E-state index >= 15 is 0 Å². The van der Waals surface area contributed by atoms with Crippen LogP contribution in [0.1, 0.15) is 12.8 Å². The predicted molar refractivity (Wildman–Crippen MR) is 49.7 cm³/mol. The van der Waals surface area contributed by atoms with Crippen molar-refractivity contribution in [1.29, 1.82) is 0 Å². The molecule has 0 radical (unpaired) electrons. The highest BCUT2D eigenvalue weighted by molar-refractivity contribution is 5.85. The molecule has 1 atom stereocenters. The van der Waals surface area contributed by atoms with E-state index in [9.17, 15) is 4.79 Å². The number of ketones is 1. The summed E-state index contributed by atoms with van der Waals surface area (Å²) in [6.07, 6.45) is 1.86. The molecule has 2 saturated heterocycles. The van der Waals surface area contributed by atoms with E-state index in [1.807, 2.05) is 0 Å². The van der Waals surface area contributed by atoms with Gasteiger partial charge in [0.2, 0.25) is 0 Å². The Morgan fingerprint density at radius 3 is 3.17 bits per heavy atom. The van der Waals surface area contributed by atoms with Crippen LogP contribution in [0.3, 0.4) is 0 Å². The number of rotatable bonds is 0. The van der Waals surface area contributed by atoms with Crippen LogP contribution in [0.4, 0.5) is 0 Å². The summed E-state index contributed by atoms with van der Waals surface area (Å²) in [6, 6.07) is 0.640. The van der Waals surface area contributed by atoms with Crippen LogP contribution in [0.2, 0.25) is 0 Å². The standard InChI is InChI=1S/C8H14N2O.ClH/c11-8-2-1-7-5-9-3-4-10(7)6-8;/h7,9H,1-6H2;1H. The molecule has 4 heteroatoms. The smallest absolute Gasteiger partial charge is 0.146 e. The number of Topliss-reactive ketones (excluding diaryl/α,β-unsaturated/α-hetero) is 1. The average Bonchev–Trinajstić information content (AvgIpc) is 2.04. The maximum Gasteiger partial charge on any atom is 0.146 e. The number of hydrogen-bond acceptors (Lipinski definition) is 3. The van der Waals surface area contributed by atoms with E-state index in [-0.39, 0.29) is 12.4 Å². The van der Waals surface area contributed by atoms with Crippen LogP contribution in [-0.4, -0.2) is 42.9 Å². The minimum atomic E-state index is 0. The molecule has 0 saturated carbocycles. The summed E-state index contributed by atoms with van der Waals surface area (Å²) >= 11 is 0. The Hall–Kier alpha value is -0.120. The molecule has 2 rings (SSSR count). The fraction of sp³-hybridized carbons (Fsp3) is 0.875. The highest BCUT2D eigenvalue weighted by Crippen LogP contribution is 2.15. The van der Waals surface area contributed by atoms with Gasteiger partial charge in [-0.25, -0.2) is 0 Å². The number of nitrogens with one attached hydrogen (secondary N) is 1. The van der Waals surface area contributed by atoms with Gasteiger partial charge in [0.1, 0.15) is 5.78 Å². The van der Waals surface area contributed by atoms with Crippen LogP contribution < -0.4 is 5.32 Å². The number of fused-ring (bicyclic) bond motifs is 1. The molecule has 0 amide bonds. The van der Waals surface area contributed by atoms with Crippen LogP contribution in [0, 0.1) is 0 Å². The van der Waals surface area contributed by atoms with Crippen LogP contribution in [-0.2, 0) is 4.79 Å². The highest BCUT2D eigenvalue weighted by atomic mass is 35.5. The van der Waals surface area contributed by atoms with Crippen molar-refractivity contribution in [2.24, 2.45) is 0 Å². The van der Waals surface area contributed by atoms with E-state index in [0.717, 1.165) is 32.5 Å². The first kappa shape index (κ1) is 9.96. The molecule has 0 aromatic heterocycles. The van der Waals surface area contributed by atoms with Gasteiger partial charge in [-0.05, 0) is 6.42 Å². The summed E-state index contributed by atoms with van der Waals surface area (Å²) in [5.41, 5.74) is 0. The van der Waals surface area contributed by atoms with Gasteiger partial charge in [0.25, 0.3) is 0 Å². The lowest BCUT2D eigenvalue weighted by Crippen LogP contribution is -2.55. The Morgan fingerprint density at radius 2 is 2.33 bits per heavy atom. The molecule has 3 nitrogen and oxygen atoms in total. The Bertz CT molecular complexity index is 174. The van der Waals surface area contributed by atoms with Gasteiger partial charge in [-0.3, -0.25) is 9.69 Å². The van der Waals surface area contributed by atoms with E-state index < -0.39 is 0 Å². The number of carbonyl (C=O) groups excluding carboxylic acids is 1. The molecular formula is C8H15ClN2O. The molecular weight excluding hydrogens is 176 g/mol. The molecule has 0 aliphatic carbocycles. The largest absolute Gasteiger partial charge is 0.314 e. The van der Waals surface area contributed by atoms with Gasteiger partial charge in [-0.1, -0.05) is 0 Å². The van der Waals surface area contributed by atoms with E-state index in [0.29, 0.717) is 18.4 Å². The monoisotopic (exact) mass is 190 g/mol. The molecule has 2 aliphatic rings. The molecule has 1 unspecified atom stereocenters. The van der Waals surface area contributed by atoms with Crippen LogP contribution in [0.5, 0.6) is 0 Å². The van der Waals surface area contributed by atoms with Gasteiger partial charge in [0, 0.05) is 32.1 Å². The van der Waals surface area contributed by atoms with E-state index in [2.05, 4.69) is 10.2 Å². The molecule has 0 aromatic carbocycles. The Morgan fingerprint density at radius 1 is 1.50 bits per heavy atom. The SMILES string of the molecule is Cl.O=C1CCC2CNCCN2C1. The second-order valence-electron chi connectivity index (χ2n) is 3.41. The van der Waals surface area contributed by atoms with Gasteiger partial charge in [0.15, 0.2) is 0 Å². The highest BCUT2D eigenvalue weighted by Gasteiger charge is 2.28. The normalized spacial score (nSPS) is 30.7. The van der Waals surface area contributed by atoms with Gasteiger partial charge in [-0.15, -0.1) is 12.4 Å². The summed E-state index contributed by atoms with van der Waals surface area (Å²) < 4.78 is 0. The molecule has 2 aliphatic heterocycles. The molecule has 0 bridgehead atoms. The van der Waals surface area contributed by atoms with Crippen molar-refractivity contribution >= 4 is 18.2 Å². The summed E-state index contributed by atoms with van der Waals surface area (Å²) in [7, 11) is 0. The van der Waals surface area contributed by atoms with Crippen molar-refractivity contribution < 1.29 is 4.79 Å². The fourth-order valence-corrected chi connectivity index (χ4v) is 1.93. The molecule has 12 heavy (non-hydrogen) atoms. The second kappa shape index (κ2) is 4.21. The van der Waals surface area contributed by atoms with Crippen molar-refractivity contribution in [3.05, 3.63) is 0 Å². The minimum Gasteiger partial charge on any atom is -0.314 e. The van der Waals surface area contributed by atoms with Crippen molar-refractivity contribution in [2.45, 2.75) is 18.9 Å². The quantitative estimate of drug-likeness (QED) is 0.586. The molecule has 1 N–H and O–H groups in total. The van der Waals surface area contributed by atoms with Crippen molar-refractivity contribution in [1.82, 2.24) is 10.2 Å². The molecule has 70 valence electrons. The zero-order chi connectivity index (χ0) is 7.68. The number of nitrogens with zero attached hydrogens (tertiary/aromatic N) is 1. The summed E-state index contributed by atoms with van der Waals surface area (Å²) in [6.45, 7) is 3.87. The predicted octanol–water partition coefficient (Wildman–Crippen LogP) is 0.0449. The molecule has 2 fully saturated rings. The Kier molecular flexibility index (Phi) is 3.50. The summed E-state index contributed by atoms with van der Waals surface area (Å²) in [4.78, 5) is 13.4. The Balaban J connectivity index is 0.000000720. The number of piperazine rings is 1. The van der Waals surface area contributed by atoms with Gasteiger partial charge >= 0.3 is 0 Å².